The van der Waals surface area contributed by atoms with Crippen LogP contribution >= 0.6 is 0 Å². The van der Waals surface area contributed by atoms with E-state index in [9.17, 15) is 13.2 Å². The lowest BCUT2D eigenvalue weighted by Crippen LogP contribution is -2.50. The Labute approximate surface area is 167 Å². The molecular formula is C21H28N2O4S. The van der Waals surface area contributed by atoms with E-state index in [-0.39, 0.29) is 12.5 Å². The molecule has 0 saturated carbocycles. The van der Waals surface area contributed by atoms with Crippen molar-refractivity contribution in [2.75, 3.05) is 23.7 Å². The van der Waals surface area contributed by atoms with Crippen LogP contribution in [0.5, 0.6) is 5.75 Å². The number of carbonyl (C=O) groups excluding carboxylic acids is 1. The zero-order chi connectivity index (χ0) is 20.7. The third-order valence-corrected chi connectivity index (χ3v) is 5.49. The normalized spacial score (nSPS) is 12.3. The highest BCUT2D eigenvalue weighted by atomic mass is 32.2. The van der Waals surface area contributed by atoms with E-state index in [4.69, 9.17) is 4.74 Å². The molecule has 0 fully saturated rings. The monoisotopic (exact) mass is 404 g/mol. The second-order valence-corrected chi connectivity index (χ2v) is 8.63. The smallest absolute Gasteiger partial charge is 0.244 e. The van der Waals surface area contributed by atoms with Gasteiger partial charge in [-0.3, -0.25) is 9.10 Å². The fourth-order valence-corrected chi connectivity index (χ4v) is 4.06. The number of sulfonamides is 1. The summed E-state index contributed by atoms with van der Waals surface area (Å²) in [5.74, 6) is 0.380. The summed E-state index contributed by atoms with van der Waals surface area (Å²) in [5.41, 5.74) is 2.64. The Morgan fingerprint density at radius 3 is 2.07 bits per heavy atom. The van der Waals surface area contributed by atoms with Crippen LogP contribution in [0.15, 0.2) is 48.5 Å². The van der Waals surface area contributed by atoms with Gasteiger partial charge in [0.25, 0.3) is 0 Å². The van der Waals surface area contributed by atoms with Crippen molar-refractivity contribution < 1.29 is 17.9 Å². The fraction of sp³-hybridized carbons (Fsp3) is 0.381. The van der Waals surface area contributed by atoms with E-state index in [1.807, 2.05) is 50.2 Å². The van der Waals surface area contributed by atoms with E-state index in [1.165, 1.54) is 4.31 Å². The summed E-state index contributed by atoms with van der Waals surface area (Å²) in [5, 5.41) is 2.78. The number of amides is 1. The van der Waals surface area contributed by atoms with Crippen LogP contribution in [0, 0.1) is 13.8 Å². The zero-order valence-corrected chi connectivity index (χ0v) is 17.6. The fourth-order valence-electron chi connectivity index (χ4n) is 2.85. The van der Waals surface area contributed by atoms with Gasteiger partial charge in [0.05, 0.1) is 18.5 Å². The number of benzene rings is 2. The topological polar surface area (TPSA) is 75.7 Å². The van der Waals surface area contributed by atoms with Crippen LogP contribution in [0.25, 0.3) is 0 Å². The minimum Gasteiger partial charge on any atom is -0.492 e. The van der Waals surface area contributed by atoms with Gasteiger partial charge in [0.1, 0.15) is 18.4 Å². The maximum absolute atomic E-state index is 12.7. The van der Waals surface area contributed by atoms with Crippen molar-refractivity contribution in [3.05, 3.63) is 59.7 Å². The number of nitrogens with zero attached hydrogens (tertiary/aromatic N) is 1. The Hall–Kier alpha value is -2.54. The molecule has 0 saturated heterocycles. The summed E-state index contributed by atoms with van der Waals surface area (Å²) < 4.78 is 31.6. The van der Waals surface area contributed by atoms with Gasteiger partial charge in [0.2, 0.25) is 15.9 Å². The quantitative estimate of drug-likeness (QED) is 0.652. The second kappa shape index (κ2) is 9.59. The Kier molecular flexibility index (Phi) is 7.45. The highest BCUT2D eigenvalue weighted by Crippen LogP contribution is 2.23. The second-order valence-electron chi connectivity index (χ2n) is 6.77. The molecule has 0 aliphatic heterocycles. The van der Waals surface area contributed by atoms with E-state index in [0.717, 1.165) is 23.1 Å². The van der Waals surface area contributed by atoms with E-state index in [1.54, 1.807) is 19.1 Å². The highest BCUT2D eigenvalue weighted by molar-refractivity contribution is 7.92. The molecular weight excluding hydrogens is 376 g/mol. The number of hydrogen-bond donors (Lipinski definition) is 1. The first kappa shape index (κ1) is 21.8. The molecule has 0 radical (unpaired) electrons. The molecule has 0 aromatic heterocycles. The van der Waals surface area contributed by atoms with Crippen molar-refractivity contribution >= 4 is 21.6 Å². The molecule has 6 nitrogen and oxygen atoms in total. The van der Waals surface area contributed by atoms with Gasteiger partial charge in [0, 0.05) is 0 Å². The van der Waals surface area contributed by atoms with Gasteiger partial charge in [-0.1, -0.05) is 42.3 Å². The third-order valence-electron chi connectivity index (χ3n) is 4.31. The van der Waals surface area contributed by atoms with E-state index >= 15 is 0 Å². The SMILES string of the molecule is CC[C@H](C(=O)NCCOc1ccc(C)cc1)N(c1ccc(C)cc1)S(C)(=O)=O. The third kappa shape index (κ3) is 5.99. The molecule has 0 aliphatic rings. The number of carbonyl (C=O) groups is 1. The van der Waals surface area contributed by atoms with Gasteiger partial charge in [-0.25, -0.2) is 8.42 Å². The molecule has 0 bridgehead atoms. The first-order valence-corrected chi connectivity index (χ1v) is 11.1. The van der Waals surface area contributed by atoms with Gasteiger partial charge in [-0.15, -0.1) is 0 Å². The van der Waals surface area contributed by atoms with E-state index in [2.05, 4.69) is 5.32 Å². The average molecular weight is 405 g/mol. The van der Waals surface area contributed by atoms with Crippen LogP contribution in [0.2, 0.25) is 0 Å². The minimum atomic E-state index is -3.62. The summed E-state index contributed by atoms with van der Waals surface area (Å²) >= 11 is 0. The lowest BCUT2D eigenvalue weighted by molar-refractivity contribution is -0.122. The summed E-state index contributed by atoms with van der Waals surface area (Å²) in [6.07, 6.45) is 1.47. The van der Waals surface area contributed by atoms with Gasteiger partial charge in [-0.05, 0) is 44.5 Å². The van der Waals surface area contributed by atoms with Gasteiger partial charge < -0.3 is 10.1 Å². The number of ether oxygens (including phenoxy) is 1. The number of hydrogen-bond acceptors (Lipinski definition) is 4. The molecule has 0 heterocycles. The highest BCUT2D eigenvalue weighted by Gasteiger charge is 2.31. The molecule has 1 amide bonds. The number of aryl methyl sites for hydroxylation is 2. The molecule has 1 atom stereocenters. The largest absolute Gasteiger partial charge is 0.492 e. The van der Waals surface area contributed by atoms with Crippen molar-refractivity contribution in [2.24, 2.45) is 0 Å². The maximum Gasteiger partial charge on any atom is 0.244 e. The van der Waals surface area contributed by atoms with Crippen LogP contribution < -0.4 is 14.4 Å². The first-order chi connectivity index (χ1) is 13.2. The van der Waals surface area contributed by atoms with Crippen molar-refractivity contribution in [2.45, 2.75) is 33.2 Å². The Bertz CT molecular complexity index is 878. The molecule has 0 spiro atoms. The Morgan fingerprint density at radius 2 is 1.57 bits per heavy atom. The van der Waals surface area contributed by atoms with Crippen LogP contribution in [-0.2, 0) is 14.8 Å². The lowest BCUT2D eigenvalue weighted by atomic mass is 10.1. The molecule has 0 aliphatic carbocycles. The lowest BCUT2D eigenvalue weighted by Gasteiger charge is -2.30. The van der Waals surface area contributed by atoms with E-state index < -0.39 is 16.1 Å². The average Bonchev–Trinajstić information content (AvgIpc) is 2.64. The van der Waals surface area contributed by atoms with Crippen molar-refractivity contribution in [3.8, 4) is 5.75 Å². The molecule has 0 unspecified atom stereocenters. The van der Waals surface area contributed by atoms with Crippen LogP contribution in [0.3, 0.4) is 0 Å². The Morgan fingerprint density at radius 1 is 1.04 bits per heavy atom. The van der Waals surface area contributed by atoms with Gasteiger partial charge in [0.15, 0.2) is 0 Å². The summed E-state index contributed by atoms with van der Waals surface area (Å²) in [4.78, 5) is 12.7. The molecule has 1 N–H and O–H groups in total. The molecule has 7 heteroatoms. The molecule has 2 aromatic rings. The van der Waals surface area contributed by atoms with Crippen molar-refractivity contribution in [1.29, 1.82) is 0 Å². The molecule has 152 valence electrons. The van der Waals surface area contributed by atoms with Gasteiger partial charge in [-0.2, -0.15) is 0 Å². The van der Waals surface area contributed by atoms with Crippen LogP contribution in [0.1, 0.15) is 24.5 Å². The molecule has 28 heavy (non-hydrogen) atoms. The summed E-state index contributed by atoms with van der Waals surface area (Å²) in [6.45, 7) is 6.30. The summed E-state index contributed by atoms with van der Waals surface area (Å²) in [6, 6.07) is 13.9. The van der Waals surface area contributed by atoms with Crippen molar-refractivity contribution in [1.82, 2.24) is 5.32 Å². The van der Waals surface area contributed by atoms with Crippen LogP contribution in [-0.4, -0.2) is 39.8 Å². The molecule has 2 aromatic carbocycles. The first-order valence-electron chi connectivity index (χ1n) is 9.25. The predicted octanol–water partition coefficient (Wildman–Crippen LogP) is 3.04. The minimum absolute atomic E-state index is 0.286. The Balaban J connectivity index is 2.02. The number of rotatable bonds is 9. The summed E-state index contributed by atoms with van der Waals surface area (Å²) in [7, 11) is -3.62. The molecule has 2 rings (SSSR count). The predicted molar refractivity (Wildman–Crippen MR) is 112 cm³/mol. The number of anilines is 1. The number of nitrogens with one attached hydrogen (secondary N) is 1. The van der Waals surface area contributed by atoms with Gasteiger partial charge >= 0.3 is 0 Å². The van der Waals surface area contributed by atoms with Crippen LogP contribution in [0.4, 0.5) is 5.69 Å². The standard InChI is InChI=1S/C21H28N2O4S/c1-5-20(23(28(4,25)26)18-10-6-16(2)7-11-18)21(24)22-14-15-27-19-12-8-17(3)9-13-19/h6-13,20H,5,14-15H2,1-4H3,(H,22,24)/t20-/m1/s1. The maximum atomic E-state index is 12.7. The van der Waals surface area contributed by atoms with E-state index in [0.29, 0.717) is 18.7 Å². The van der Waals surface area contributed by atoms with Crippen molar-refractivity contribution in [3.63, 3.8) is 0 Å². The zero-order valence-electron chi connectivity index (χ0n) is 16.8.